The molecule has 1 N–H and O–H groups in total. The van der Waals surface area contributed by atoms with Crippen LogP contribution in [0.2, 0.25) is 0 Å². The number of hydrogen-bond acceptors (Lipinski definition) is 5. The third-order valence-corrected chi connectivity index (χ3v) is 1.84. The maximum atomic E-state index is 11.5. The molecule has 1 atom stereocenters. The number of amides is 1. The molecule has 0 saturated heterocycles. The normalized spacial score (nSPS) is 11.9. The molecule has 0 aliphatic rings. The molecule has 0 saturated carbocycles. The van der Waals surface area contributed by atoms with Crippen molar-refractivity contribution < 1.29 is 18.7 Å². The average Bonchev–Trinajstić information content (AvgIpc) is 2.65. The molecule has 16 heavy (non-hydrogen) atoms. The van der Waals surface area contributed by atoms with Crippen molar-refractivity contribution in [3.05, 3.63) is 17.8 Å². The lowest BCUT2D eigenvalue weighted by Crippen LogP contribution is -2.39. The van der Waals surface area contributed by atoms with Crippen LogP contribution in [-0.2, 0) is 9.53 Å². The van der Waals surface area contributed by atoms with Crippen molar-refractivity contribution in [3.8, 4) is 0 Å². The van der Waals surface area contributed by atoms with Gasteiger partial charge in [-0.1, -0.05) is 0 Å². The first-order chi connectivity index (χ1) is 7.54. The number of nitrogens with one attached hydrogen (secondary N) is 1. The number of esters is 1. The molecule has 1 aromatic heterocycles. The lowest BCUT2D eigenvalue weighted by Gasteiger charge is -2.10. The fraction of sp³-hybridized carbons (Fsp3) is 0.500. The molecule has 0 aliphatic heterocycles. The third-order valence-electron chi connectivity index (χ3n) is 1.84. The second-order valence-electron chi connectivity index (χ2n) is 3.20. The van der Waals surface area contributed by atoms with Crippen LogP contribution in [0.4, 0.5) is 0 Å². The highest BCUT2D eigenvalue weighted by molar-refractivity contribution is 5.94. The standard InChI is InChI=1S/C10H14N2O4/c1-4-15-10(14)6(2)11-9(13)8-5-16-7(3)12-8/h5-6H,4H2,1-3H3,(H,11,13)/t6-/m1/s1. The maximum Gasteiger partial charge on any atom is 0.328 e. The first-order valence-corrected chi connectivity index (χ1v) is 4.94. The number of nitrogens with zero attached hydrogens (tertiary/aromatic N) is 1. The monoisotopic (exact) mass is 226 g/mol. The van der Waals surface area contributed by atoms with Crippen LogP contribution in [0.3, 0.4) is 0 Å². The highest BCUT2D eigenvalue weighted by Gasteiger charge is 2.19. The van der Waals surface area contributed by atoms with Crippen molar-refractivity contribution in [2.75, 3.05) is 6.61 Å². The first kappa shape index (κ1) is 12.2. The van der Waals surface area contributed by atoms with E-state index in [4.69, 9.17) is 9.15 Å². The number of ether oxygens (including phenoxy) is 1. The van der Waals surface area contributed by atoms with Gasteiger partial charge in [0.1, 0.15) is 12.3 Å². The number of rotatable bonds is 4. The Hall–Kier alpha value is -1.85. The molecule has 6 heteroatoms. The molecule has 1 rings (SSSR count). The topological polar surface area (TPSA) is 81.4 Å². The highest BCUT2D eigenvalue weighted by Crippen LogP contribution is 2.00. The van der Waals surface area contributed by atoms with Gasteiger partial charge in [0.2, 0.25) is 0 Å². The van der Waals surface area contributed by atoms with E-state index in [9.17, 15) is 9.59 Å². The van der Waals surface area contributed by atoms with Gasteiger partial charge in [-0.15, -0.1) is 0 Å². The third kappa shape index (κ3) is 3.08. The van der Waals surface area contributed by atoms with Crippen LogP contribution in [-0.4, -0.2) is 29.5 Å². The van der Waals surface area contributed by atoms with Crippen LogP contribution in [0.5, 0.6) is 0 Å². The Morgan fingerprint density at radius 3 is 2.81 bits per heavy atom. The summed E-state index contributed by atoms with van der Waals surface area (Å²) in [7, 11) is 0. The maximum absolute atomic E-state index is 11.5. The fourth-order valence-corrected chi connectivity index (χ4v) is 1.06. The van der Waals surface area contributed by atoms with Gasteiger partial charge in [0, 0.05) is 6.92 Å². The lowest BCUT2D eigenvalue weighted by atomic mass is 10.3. The summed E-state index contributed by atoms with van der Waals surface area (Å²) in [5.74, 6) is -0.539. The van der Waals surface area contributed by atoms with E-state index in [1.54, 1.807) is 20.8 Å². The van der Waals surface area contributed by atoms with E-state index >= 15 is 0 Å². The lowest BCUT2D eigenvalue weighted by molar-refractivity contribution is -0.144. The molecule has 0 aliphatic carbocycles. The quantitative estimate of drug-likeness (QED) is 0.763. The minimum Gasteiger partial charge on any atom is -0.464 e. The number of oxazole rings is 1. The van der Waals surface area contributed by atoms with Crippen molar-refractivity contribution in [1.82, 2.24) is 10.3 Å². The average molecular weight is 226 g/mol. The molecule has 0 bridgehead atoms. The zero-order valence-corrected chi connectivity index (χ0v) is 9.44. The molecule has 0 aromatic carbocycles. The molecule has 0 unspecified atom stereocenters. The molecule has 1 amide bonds. The van der Waals surface area contributed by atoms with Gasteiger partial charge < -0.3 is 14.5 Å². The molecular weight excluding hydrogens is 212 g/mol. The number of carbonyl (C=O) groups excluding carboxylic acids is 2. The van der Waals surface area contributed by atoms with Gasteiger partial charge >= 0.3 is 5.97 Å². The van der Waals surface area contributed by atoms with E-state index in [0.717, 1.165) is 0 Å². The van der Waals surface area contributed by atoms with Gasteiger partial charge in [-0.3, -0.25) is 4.79 Å². The Balaban J connectivity index is 2.54. The molecule has 88 valence electrons. The van der Waals surface area contributed by atoms with Crippen molar-refractivity contribution in [1.29, 1.82) is 0 Å². The molecule has 0 fully saturated rings. The molecule has 0 radical (unpaired) electrons. The van der Waals surface area contributed by atoms with E-state index in [1.165, 1.54) is 6.26 Å². The summed E-state index contributed by atoms with van der Waals surface area (Å²) in [4.78, 5) is 26.6. The van der Waals surface area contributed by atoms with Gasteiger partial charge in [0.15, 0.2) is 11.6 Å². The Labute approximate surface area is 93.0 Å². The number of carbonyl (C=O) groups is 2. The summed E-state index contributed by atoms with van der Waals surface area (Å²) in [6, 6.07) is -0.704. The van der Waals surface area contributed by atoms with Crippen LogP contribution in [0.1, 0.15) is 30.2 Å². The van der Waals surface area contributed by atoms with E-state index in [2.05, 4.69) is 10.3 Å². The van der Waals surface area contributed by atoms with Crippen LogP contribution in [0.25, 0.3) is 0 Å². The Morgan fingerprint density at radius 2 is 2.31 bits per heavy atom. The molecule has 0 spiro atoms. The largest absolute Gasteiger partial charge is 0.464 e. The molecule has 6 nitrogen and oxygen atoms in total. The summed E-state index contributed by atoms with van der Waals surface area (Å²) < 4.78 is 9.64. The van der Waals surface area contributed by atoms with Gasteiger partial charge in [-0.2, -0.15) is 0 Å². The van der Waals surface area contributed by atoms with Crippen molar-refractivity contribution >= 4 is 11.9 Å². The molecular formula is C10H14N2O4. The Kier molecular flexibility index (Phi) is 4.04. The highest BCUT2D eigenvalue weighted by atomic mass is 16.5. The van der Waals surface area contributed by atoms with Gasteiger partial charge in [0.25, 0.3) is 5.91 Å². The minimum atomic E-state index is -0.704. The zero-order valence-electron chi connectivity index (χ0n) is 9.44. The summed E-state index contributed by atoms with van der Waals surface area (Å²) in [5.41, 5.74) is 0.147. The second kappa shape index (κ2) is 5.29. The number of aromatic nitrogens is 1. The predicted molar refractivity (Wildman–Crippen MR) is 54.8 cm³/mol. The van der Waals surface area contributed by atoms with Crippen LogP contribution >= 0.6 is 0 Å². The summed E-state index contributed by atoms with van der Waals surface area (Å²) in [6.45, 7) is 5.16. The van der Waals surface area contributed by atoms with Crippen LogP contribution in [0.15, 0.2) is 10.7 Å². The molecule has 1 aromatic rings. The van der Waals surface area contributed by atoms with Crippen molar-refractivity contribution in [3.63, 3.8) is 0 Å². The van der Waals surface area contributed by atoms with E-state index in [-0.39, 0.29) is 12.3 Å². The van der Waals surface area contributed by atoms with Gasteiger partial charge in [-0.25, -0.2) is 9.78 Å². The number of hydrogen-bond donors (Lipinski definition) is 1. The van der Waals surface area contributed by atoms with E-state index < -0.39 is 17.9 Å². The summed E-state index contributed by atoms with van der Waals surface area (Å²) >= 11 is 0. The smallest absolute Gasteiger partial charge is 0.328 e. The van der Waals surface area contributed by atoms with E-state index in [1.807, 2.05) is 0 Å². The first-order valence-electron chi connectivity index (χ1n) is 4.94. The van der Waals surface area contributed by atoms with Crippen LogP contribution in [0, 0.1) is 6.92 Å². The summed E-state index contributed by atoms with van der Waals surface area (Å²) in [5, 5.41) is 2.46. The zero-order chi connectivity index (χ0) is 12.1. The second-order valence-corrected chi connectivity index (χ2v) is 3.20. The SMILES string of the molecule is CCOC(=O)[C@@H](C)NC(=O)c1coc(C)n1. The number of aryl methyl sites for hydroxylation is 1. The van der Waals surface area contributed by atoms with Gasteiger partial charge in [0.05, 0.1) is 6.61 Å². The molecule has 1 heterocycles. The van der Waals surface area contributed by atoms with Crippen molar-refractivity contribution in [2.24, 2.45) is 0 Å². The summed E-state index contributed by atoms with van der Waals surface area (Å²) in [6.07, 6.45) is 1.24. The predicted octanol–water partition coefficient (Wildman–Crippen LogP) is 0.664. The van der Waals surface area contributed by atoms with Crippen LogP contribution < -0.4 is 5.32 Å². The van der Waals surface area contributed by atoms with Gasteiger partial charge in [-0.05, 0) is 13.8 Å². The van der Waals surface area contributed by atoms with E-state index in [0.29, 0.717) is 5.89 Å². The van der Waals surface area contributed by atoms with Crippen molar-refractivity contribution in [2.45, 2.75) is 26.8 Å². The Bertz CT molecular complexity index is 386. The Morgan fingerprint density at radius 1 is 1.62 bits per heavy atom. The minimum absolute atomic E-state index is 0.147. The fourth-order valence-electron chi connectivity index (χ4n) is 1.06.